The topological polar surface area (TPSA) is 50.4 Å². The van der Waals surface area contributed by atoms with Gasteiger partial charge >= 0.3 is 0 Å². The molecule has 1 atom stereocenters. The molecular formula is C12H26N2O2. The third kappa shape index (κ3) is 7.65. The van der Waals surface area contributed by atoms with Gasteiger partial charge in [-0.1, -0.05) is 13.8 Å². The Balaban J connectivity index is 3.63. The molecule has 2 N–H and O–H groups in total. The van der Waals surface area contributed by atoms with Gasteiger partial charge in [-0.25, -0.2) is 0 Å². The van der Waals surface area contributed by atoms with E-state index >= 15 is 0 Å². The molecule has 0 saturated heterocycles. The monoisotopic (exact) mass is 230 g/mol. The maximum Gasteiger partial charge on any atom is 0.234 e. The van der Waals surface area contributed by atoms with Crippen LogP contribution in [0, 0.1) is 0 Å². The van der Waals surface area contributed by atoms with Crippen LogP contribution in [0.2, 0.25) is 0 Å². The summed E-state index contributed by atoms with van der Waals surface area (Å²) in [6.45, 7) is 9.87. The van der Waals surface area contributed by atoms with Crippen LogP contribution in [0.15, 0.2) is 0 Å². The molecule has 16 heavy (non-hydrogen) atoms. The zero-order valence-corrected chi connectivity index (χ0v) is 11.0. The van der Waals surface area contributed by atoms with E-state index in [-0.39, 0.29) is 11.9 Å². The van der Waals surface area contributed by atoms with E-state index in [1.54, 1.807) is 0 Å². The molecule has 0 saturated carbocycles. The van der Waals surface area contributed by atoms with E-state index in [4.69, 9.17) is 4.74 Å². The first-order valence-electron chi connectivity index (χ1n) is 6.24. The molecule has 4 nitrogen and oxygen atoms in total. The van der Waals surface area contributed by atoms with Gasteiger partial charge in [-0.3, -0.25) is 4.79 Å². The summed E-state index contributed by atoms with van der Waals surface area (Å²) in [5, 5.41) is 6.12. The molecule has 0 aromatic heterocycles. The van der Waals surface area contributed by atoms with Crippen LogP contribution in [0.3, 0.4) is 0 Å². The summed E-state index contributed by atoms with van der Waals surface area (Å²) < 4.78 is 5.26. The number of hydrogen-bond donors (Lipinski definition) is 2. The molecule has 0 aromatic carbocycles. The third-order valence-corrected chi connectivity index (χ3v) is 2.53. The number of carbonyl (C=O) groups excluding carboxylic acids is 1. The quantitative estimate of drug-likeness (QED) is 0.628. The van der Waals surface area contributed by atoms with Crippen LogP contribution >= 0.6 is 0 Å². The number of rotatable bonds is 9. The van der Waals surface area contributed by atoms with E-state index in [0.29, 0.717) is 25.8 Å². The Hall–Kier alpha value is -0.610. The van der Waals surface area contributed by atoms with Gasteiger partial charge < -0.3 is 15.4 Å². The first kappa shape index (κ1) is 15.4. The highest BCUT2D eigenvalue weighted by Gasteiger charge is 2.09. The summed E-state index contributed by atoms with van der Waals surface area (Å²) in [4.78, 5) is 11.5. The predicted molar refractivity (Wildman–Crippen MR) is 66.5 cm³/mol. The molecule has 0 aliphatic carbocycles. The fourth-order valence-corrected chi connectivity index (χ4v) is 1.39. The van der Waals surface area contributed by atoms with E-state index in [2.05, 4.69) is 24.5 Å². The summed E-state index contributed by atoms with van der Waals surface area (Å²) in [5.41, 5.74) is 0. The molecule has 0 aliphatic rings. The Morgan fingerprint density at radius 2 is 1.88 bits per heavy atom. The molecule has 1 unspecified atom stereocenters. The van der Waals surface area contributed by atoms with Gasteiger partial charge in [0, 0.05) is 18.7 Å². The number of ether oxygens (including phenoxy) is 1. The maximum absolute atomic E-state index is 11.5. The zero-order chi connectivity index (χ0) is 12.4. The van der Waals surface area contributed by atoms with Crippen molar-refractivity contribution in [2.24, 2.45) is 0 Å². The van der Waals surface area contributed by atoms with Gasteiger partial charge in [0.2, 0.25) is 5.91 Å². The minimum absolute atomic E-state index is 0.0667. The van der Waals surface area contributed by atoms with Gasteiger partial charge in [0.25, 0.3) is 0 Å². The number of carbonyl (C=O) groups is 1. The number of nitrogens with one attached hydrogen (secondary N) is 2. The van der Waals surface area contributed by atoms with Gasteiger partial charge in [-0.15, -0.1) is 0 Å². The molecular weight excluding hydrogens is 204 g/mol. The molecule has 0 radical (unpaired) electrons. The van der Waals surface area contributed by atoms with Crippen LogP contribution in [-0.4, -0.2) is 37.7 Å². The highest BCUT2D eigenvalue weighted by atomic mass is 16.5. The molecule has 0 heterocycles. The van der Waals surface area contributed by atoms with Gasteiger partial charge in [0.1, 0.15) is 0 Å². The first-order chi connectivity index (χ1) is 7.63. The zero-order valence-electron chi connectivity index (χ0n) is 11.0. The summed E-state index contributed by atoms with van der Waals surface area (Å²) in [7, 11) is 0. The van der Waals surface area contributed by atoms with E-state index in [1.807, 2.05) is 13.8 Å². The van der Waals surface area contributed by atoms with E-state index in [1.165, 1.54) is 0 Å². The van der Waals surface area contributed by atoms with Crippen molar-refractivity contribution < 1.29 is 9.53 Å². The average Bonchev–Trinajstić information content (AvgIpc) is 2.30. The van der Waals surface area contributed by atoms with E-state index in [9.17, 15) is 4.79 Å². The number of hydrogen-bond acceptors (Lipinski definition) is 3. The summed E-state index contributed by atoms with van der Waals surface area (Å²) >= 11 is 0. The highest BCUT2D eigenvalue weighted by Crippen LogP contribution is 1.95. The van der Waals surface area contributed by atoms with Gasteiger partial charge in [-0.2, -0.15) is 0 Å². The van der Waals surface area contributed by atoms with Crippen molar-refractivity contribution in [1.29, 1.82) is 0 Å². The Labute approximate surface area is 99.1 Å². The standard InChI is InChI=1S/C12H26N2O2/c1-5-11(6-2)14-12(15)8-13-10(4)9-16-7-3/h10-11,13H,5-9H2,1-4H3,(H,14,15). The van der Waals surface area contributed by atoms with Crippen molar-refractivity contribution in [2.75, 3.05) is 19.8 Å². The molecule has 0 bridgehead atoms. The molecule has 0 fully saturated rings. The first-order valence-corrected chi connectivity index (χ1v) is 6.24. The molecule has 1 amide bonds. The van der Waals surface area contributed by atoms with Crippen molar-refractivity contribution in [3.05, 3.63) is 0 Å². The van der Waals surface area contributed by atoms with Crippen molar-refractivity contribution in [2.45, 2.75) is 52.6 Å². The molecule has 96 valence electrons. The van der Waals surface area contributed by atoms with Crippen molar-refractivity contribution in [3.63, 3.8) is 0 Å². The van der Waals surface area contributed by atoms with Crippen LogP contribution < -0.4 is 10.6 Å². The summed E-state index contributed by atoms with van der Waals surface area (Å²) in [5.74, 6) is 0.0667. The predicted octanol–water partition coefficient (Wildman–Crippen LogP) is 1.31. The lowest BCUT2D eigenvalue weighted by Crippen LogP contribution is -2.43. The smallest absolute Gasteiger partial charge is 0.234 e. The fraction of sp³-hybridized carbons (Fsp3) is 0.917. The Morgan fingerprint density at radius 1 is 1.25 bits per heavy atom. The Morgan fingerprint density at radius 3 is 2.38 bits per heavy atom. The lowest BCUT2D eigenvalue weighted by Gasteiger charge is -2.17. The SMILES string of the molecule is CCOCC(C)NCC(=O)NC(CC)CC. The van der Waals surface area contributed by atoms with Crippen LogP contribution in [0.5, 0.6) is 0 Å². The van der Waals surface area contributed by atoms with Crippen molar-refractivity contribution in [3.8, 4) is 0 Å². The largest absolute Gasteiger partial charge is 0.380 e. The van der Waals surface area contributed by atoms with Crippen molar-refractivity contribution >= 4 is 5.91 Å². The van der Waals surface area contributed by atoms with Crippen molar-refractivity contribution in [1.82, 2.24) is 10.6 Å². The fourth-order valence-electron chi connectivity index (χ4n) is 1.39. The number of amides is 1. The summed E-state index contributed by atoms with van der Waals surface area (Å²) in [6, 6.07) is 0.518. The van der Waals surface area contributed by atoms with E-state index < -0.39 is 0 Å². The molecule has 0 spiro atoms. The molecule has 4 heteroatoms. The summed E-state index contributed by atoms with van der Waals surface area (Å²) in [6.07, 6.45) is 1.97. The van der Waals surface area contributed by atoms with Crippen LogP contribution in [-0.2, 0) is 9.53 Å². The second-order valence-electron chi connectivity index (χ2n) is 4.02. The second kappa shape index (κ2) is 9.60. The minimum atomic E-state index is 0.0667. The lowest BCUT2D eigenvalue weighted by atomic mass is 10.2. The minimum Gasteiger partial charge on any atom is -0.380 e. The van der Waals surface area contributed by atoms with Crippen LogP contribution in [0.25, 0.3) is 0 Å². The van der Waals surface area contributed by atoms with Gasteiger partial charge in [-0.05, 0) is 26.7 Å². The maximum atomic E-state index is 11.5. The van der Waals surface area contributed by atoms with Crippen LogP contribution in [0.1, 0.15) is 40.5 Å². The molecule has 0 rings (SSSR count). The van der Waals surface area contributed by atoms with Gasteiger partial charge in [0.15, 0.2) is 0 Å². The molecule has 0 aliphatic heterocycles. The van der Waals surface area contributed by atoms with Crippen LogP contribution in [0.4, 0.5) is 0 Å². The van der Waals surface area contributed by atoms with Gasteiger partial charge in [0.05, 0.1) is 13.2 Å². The molecule has 0 aromatic rings. The Bertz CT molecular complexity index is 182. The third-order valence-electron chi connectivity index (χ3n) is 2.53. The highest BCUT2D eigenvalue weighted by molar-refractivity contribution is 5.78. The second-order valence-corrected chi connectivity index (χ2v) is 4.02. The normalized spacial score (nSPS) is 12.8. The Kier molecular flexibility index (Phi) is 9.24. The lowest BCUT2D eigenvalue weighted by molar-refractivity contribution is -0.121. The average molecular weight is 230 g/mol. The van der Waals surface area contributed by atoms with E-state index in [0.717, 1.165) is 12.8 Å².